The van der Waals surface area contributed by atoms with Crippen molar-refractivity contribution in [3.63, 3.8) is 0 Å². The van der Waals surface area contributed by atoms with Crippen LogP contribution < -0.4 is 4.74 Å². The van der Waals surface area contributed by atoms with Crippen molar-refractivity contribution in [2.24, 2.45) is 5.92 Å². The van der Waals surface area contributed by atoms with E-state index >= 15 is 0 Å². The molecule has 0 unspecified atom stereocenters. The van der Waals surface area contributed by atoms with Gasteiger partial charge in [-0.15, -0.1) is 0 Å². The Morgan fingerprint density at radius 3 is 1.70 bits per heavy atom. The van der Waals surface area contributed by atoms with Crippen LogP contribution in [-0.2, 0) is 15.6 Å². The fourth-order valence-electron chi connectivity index (χ4n) is 3.58. The van der Waals surface area contributed by atoms with Gasteiger partial charge in [-0.05, 0) is 29.8 Å². The van der Waals surface area contributed by atoms with Crippen LogP contribution in [0.5, 0.6) is 5.75 Å². The SMILES string of the molecule is C.CC1COC(c2cc(F)c(-c3cc(F)c(C(F)(F)Oc4cc(F)c(F)c(F)c4)c(F)c3)c(F)c2)OC1. The minimum atomic E-state index is -4.85. The van der Waals surface area contributed by atoms with Gasteiger partial charge in [0.1, 0.15) is 34.6 Å². The second-order valence-corrected chi connectivity index (χ2v) is 8.10. The molecule has 1 fully saturated rings. The van der Waals surface area contributed by atoms with Crippen LogP contribution in [0.25, 0.3) is 11.1 Å². The maximum absolute atomic E-state index is 14.8. The lowest BCUT2D eigenvalue weighted by Crippen LogP contribution is -2.25. The maximum Gasteiger partial charge on any atom is 0.432 e. The zero-order valence-electron chi connectivity index (χ0n) is 18.2. The van der Waals surface area contributed by atoms with Gasteiger partial charge in [-0.1, -0.05) is 14.4 Å². The van der Waals surface area contributed by atoms with Crippen molar-refractivity contribution in [3.05, 3.63) is 88.2 Å². The normalized spacial score (nSPS) is 17.9. The highest BCUT2D eigenvalue weighted by molar-refractivity contribution is 5.66. The third kappa shape index (κ3) is 5.69. The Labute approximate surface area is 205 Å². The smallest absolute Gasteiger partial charge is 0.429 e. The topological polar surface area (TPSA) is 27.7 Å². The van der Waals surface area contributed by atoms with Crippen LogP contribution in [0.3, 0.4) is 0 Å². The Hall–Kier alpha value is -3.25. The first kappa shape index (κ1) is 28.3. The zero-order valence-corrected chi connectivity index (χ0v) is 18.2. The molecule has 0 amide bonds. The van der Waals surface area contributed by atoms with Crippen LogP contribution in [0, 0.1) is 46.6 Å². The first-order chi connectivity index (χ1) is 16.9. The van der Waals surface area contributed by atoms with Gasteiger partial charge < -0.3 is 14.2 Å². The van der Waals surface area contributed by atoms with Crippen LogP contribution in [-0.4, -0.2) is 13.2 Å². The van der Waals surface area contributed by atoms with Crippen molar-refractivity contribution in [2.45, 2.75) is 26.7 Å². The largest absolute Gasteiger partial charge is 0.432 e. The van der Waals surface area contributed by atoms with E-state index in [9.17, 15) is 39.5 Å². The molecule has 0 bridgehead atoms. The lowest BCUT2D eigenvalue weighted by atomic mass is 9.99. The number of alkyl halides is 2. The molecule has 0 spiro atoms. The summed E-state index contributed by atoms with van der Waals surface area (Å²) in [4.78, 5) is 0. The van der Waals surface area contributed by atoms with Crippen molar-refractivity contribution in [3.8, 4) is 16.9 Å². The van der Waals surface area contributed by atoms with E-state index in [-0.39, 0.29) is 56.4 Å². The molecular formula is C25H19F9O3. The number of hydrogen-bond donors (Lipinski definition) is 0. The van der Waals surface area contributed by atoms with E-state index in [0.717, 1.165) is 12.1 Å². The van der Waals surface area contributed by atoms with Crippen LogP contribution in [0.1, 0.15) is 31.8 Å². The fraction of sp³-hybridized carbons (Fsp3) is 0.280. The highest BCUT2D eigenvalue weighted by Crippen LogP contribution is 2.39. The molecule has 0 N–H and O–H groups in total. The van der Waals surface area contributed by atoms with Gasteiger partial charge in [-0.2, -0.15) is 8.78 Å². The molecule has 0 atom stereocenters. The Morgan fingerprint density at radius 2 is 1.22 bits per heavy atom. The van der Waals surface area contributed by atoms with Gasteiger partial charge in [0.2, 0.25) is 0 Å². The first-order valence-electron chi connectivity index (χ1n) is 10.3. The van der Waals surface area contributed by atoms with Crippen LogP contribution >= 0.6 is 0 Å². The third-order valence-electron chi connectivity index (χ3n) is 5.23. The monoisotopic (exact) mass is 538 g/mol. The molecule has 4 rings (SSSR count). The quantitative estimate of drug-likeness (QED) is 0.245. The number of halogens is 9. The lowest BCUT2D eigenvalue weighted by Gasteiger charge is -2.27. The van der Waals surface area contributed by atoms with Crippen molar-refractivity contribution in [1.82, 2.24) is 0 Å². The van der Waals surface area contributed by atoms with E-state index in [2.05, 4.69) is 4.74 Å². The summed E-state index contributed by atoms with van der Waals surface area (Å²) < 4.78 is 142. The van der Waals surface area contributed by atoms with Gasteiger partial charge in [-0.3, -0.25) is 0 Å². The molecule has 1 heterocycles. The van der Waals surface area contributed by atoms with Crippen molar-refractivity contribution in [1.29, 1.82) is 0 Å². The van der Waals surface area contributed by atoms with Gasteiger partial charge in [0.15, 0.2) is 23.7 Å². The van der Waals surface area contributed by atoms with Crippen LogP contribution in [0.2, 0.25) is 0 Å². The molecule has 0 radical (unpaired) electrons. The summed E-state index contributed by atoms with van der Waals surface area (Å²) in [5, 5.41) is 0. The molecule has 3 aromatic rings. The second-order valence-electron chi connectivity index (χ2n) is 8.10. The van der Waals surface area contributed by atoms with E-state index in [1.165, 1.54) is 0 Å². The van der Waals surface area contributed by atoms with Crippen molar-refractivity contribution < 1.29 is 53.7 Å². The van der Waals surface area contributed by atoms with E-state index in [1.54, 1.807) is 0 Å². The summed E-state index contributed by atoms with van der Waals surface area (Å²) in [6.45, 7) is 2.36. The second kappa shape index (κ2) is 10.6. The van der Waals surface area contributed by atoms with Gasteiger partial charge in [0.05, 0.1) is 18.8 Å². The van der Waals surface area contributed by atoms with Gasteiger partial charge in [0.25, 0.3) is 0 Å². The minimum Gasteiger partial charge on any atom is -0.429 e. The maximum atomic E-state index is 14.8. The molecule has 37 heavy (non-hydrogen) atoms. The molecule has 200 valence electrons. The Balaban J connectivity index is 0.00000380. The predicted octanol–water partition coefficient (Wildman–Crippen LogP) is 7.77. The highest BCUT2D eigenvalue weighted by Gasteiger charge is 2.42. The molecule has 3 aromatic carbocycles. The standard InChI is InChI=1S/C24H15F9O3.CH4/c1-10-8-34-23(35-9-10)12-4-14(25)20(15(26)5-12)11-2-16(27)21(17(28)3-11)24(32,33)36-13-6-18(29)22(31)19(30)7-13;/h2-7,10,23H,8-9H2,1H3;1H4. The summed E-state index contributed by atoms with van der Waals surface area (Å²) in [7, 11) is 0. The van der Waals surface area contributed by atoms with Gasteiger partial charge in [-0.25, -0.2) is 30.7 Å². The Morgan fingerprint density at radius 1 is 0.730 bits per heavy atom. The molecular weight excluding hydrogens is 519 g/mol. The summed E-state index contributed by atoms with van der Waals surface area (Å²) >= 11 is 0. The van der Waals surface area contributed by atoms with E-state index < -0.39 is 75.6 Å². The zero-order chi connectivity index (χ0) is 26.4. The first-order valence-corrected chi connectivity index (χ1v) is 10.3. The number of benzene rings is 3. The molecule has 0 aliphatic carbocycles. The van der Waals surface area contributed by atoms with E-state index in [0.29, 0.717) is 0 Å². The Kier molecular flexibility index (Phi) is 8.13. The van der Waals surface area contributed by atoms with Gasteiger partial charge in [0, 0.05) is 23.6 Å². The van der Waals surface area contributed by atoms with Crippen LogP contribution in [0.4, 0.5) is 39.5 Å². The Bertz CT molecular complexity index is 1240. The summed E-state index contributed by atoms with van der Waals surface area (Å²) in [5.41, 5.74) is -3.73. The molecule has 0 saturated carbocycles. The van der Waals surface area contributed by atoms with Crippen molar-refractivity contribution in [2.75, 3.05) is 13.2 Å². The summed E-state index contributed by atoms with van der Waals surface area (Å²) in [6, 6.07) is 2.19. The lowest BCUT2D eigenvalue weighted by molar-refractivity contribution is -0.202. The molecule has 1 aliphatic heterocycles. The number of ether oxygens (including phenoxy) is 3. The number of rotatable bonds is 5. The molecule has 1 saturated heterocycles. The summed E-state index contributed by atoms with van der Waals surface area (Å²) in [6.07, 6.45) is -5.93. The highest BCUT2D eigenvalue weighted by atomic mass is 19.3. The summed E-state index contributed by atoms with van der Waals surface area (Å²) in [5.74, 6) is -13.5. The third-order valence-corrected chi connectivity index (χ3v) is 5.23. The molecule has 1 aliphatic rings. The minimum absolute atomic E-state index is 0. The van der Waals surface area contributed by atoms with Crippen LogP contribution in [0.15, 0.2) is 36.4 Å². The van der Waals surface area contributed by atoms with E-state index in [1.807, 2.05) is 6.92 Å². The number of hydrogen-bond acceptors (Lipinski definition) is 3. The average molecular weight is 538 g/mol. The molecule has 0 aromatic heterocycles. The molecule has 3 nitrogen and oxygen atoms in total. The fourth-order valence-corrected chi connectivity index (χ4v) is 3.58. The average Bonchev–Trinajstić information content (AvgIpc) is 2.76. The van der Waals surface area contributed by atoms with Gasteiger partial charge >= 0.3 is 6.11 Å². The van der Waals surface area contributed by atoms with E-state index in [4.69, 9.17) is 9.47 Å². The predicted molar refractivity (Wildman–Crippen MR) is 113 cm³/mol. The molecule has 12 heteroatoms. The van der Waals surface area contributed by atoms with Crippen molar-refractivity contribution >= 4 is 0 Å².